The van der Waals surface area contributed by atoms with Crippen molar-refractivity contribution in [2.75, 3.05) is 0 Å². The smallest absolute Gasteiger partial charge is 0.343 e. The minimum Gasteiger partial charge on any atom is -0.464 e. The zero-order valence-electron chi connectivity index (χ0n) is 15.2. The van der Waals surface area contributed by atoms with Gasteiger partial charge in [0, 0.05) is 12.3 Å². The largest absolute Gasteiger partial charge is 0.464 e. The Kier molecular flexibility index (Phi) is 4.08. The Hall–Kier alpha value is -2.59. The van der Waals surface area contributed by atoms with E-state index in [-0.39, 0.29) is 17.1 Å². The van der Waals surface area contributed by atoms with E-state index in [4.69, 9.17) is 13.9 Å². The van der Waals surface area contributed by atoms with Gasteiger partial charge in [0.1, 0.15) is 11.3 Å². The molecule has 1 aromatic heterocycles. The molecule has 1 aliphatic rings. The Morgan fingerprint density at radius 2 is 1.69 bits per heavy atom. The summed E-state index contributed by atoms with van der Waals surface area (Å²) in [4.78, 5) is 12.8. The Morgan fingerprint density at radius 3 is 2.42 bits per heavy atom. The van der Waals surface area contributed by atoms with E-state index in [1.165, 1.54) is 0 Å². The van der Waals surface area contributed by atoms with Crippen LogP contribution in [0.15, 0.2) is 63.8 Å². The molecule has 0 aliphatic carbocycles. The predicted molar refractivity (Wildman–Crippen MR) is 101 cm³/mol. The standard InChI is InChI=1S/C22H22O4/c1-22(2,3)26-18-13-16(14-9-5-4-6-10-14)19-20(25-18)15-11-7-8-12-17(15)24-21(19)23/h4-12,16,18H,13H2,1-3H3. The average Bonchev–Trinajstić information content (AvgIpc) is 2.60. The molecule has 0 fully saturated rings. The maximum Gasteiger partial charge on any atom is 0.343 e. The van der Waals surface area contributed by atoms with Crippen molar-refractivity contribution in [3.05, 3.63) is 76.1 Å². The molecule has 4 heteroatoms. The molecule has 26 heavy (non-hydrogen) atoms. The lowest BCUT2D eigenvalue weighted by Crippen LogP contribution is -2.37. The summed E-state index contributed by atoms with van der Waals surface area (Å²) in [5.74, 6) is 0.444. The molecule has 3 aromatic rings. The maximum atomic E-state index is 12.8. The number of hydrogen-bond donors (Lipinski definition) is 0. The van der Waals surface area contributed by atoms with Crippen LogP contribution in [0.4, 0.5) is 0 Å². The van der Waals surface area contributed by atoms with Gasteiger partial charge in [0.15, 0.2) is 0 Å². The van der Waals surface area contributed by atoms with Crippen LogP contribution in [0.2, 0.25) is 0 Å². The summed E-state index contributed by atoms with van der Waals surface area (Å²) >= 11 is 0. The first kappa shape index (κ1) is 16.9. The molecule has 0 N–H and O–H groups in total. The van der Waals surface area contributed by atoms with E-state index in [1.54, 1.807) is 6.07 Å². The first-order chi connectivity index (χ1) is 12.4. The molecule has 2 unspecified atom stereocenters. The fourth-order valence-electron chi connectivity index (χ4n) is 3.51. The van der Waals surface area contributed by atoms with Crippen molar-refractivity contribution in [2.45, 2.75) is 45.0 Å². The second-order valence-electron chi connectivity index (χ2n) is 7.61. The van der Waals surface area contributed by atoms with Crippen molar-refractivity contribution in [1.29, 1.82) is 0 Å². The number of rotatable bonds is 2. The molecule has 4 nitrogen and oxygen atoms in total. The molecule has 134 valence electrons. The number of hydrogen-bond acceptors (Lipinski definition) is 4. The van der Waals surface area contributed by atoms with Crippen LogP contribution < -0.4 is 10.4 Å². The summed E-state index contributed by atoms with van der Waals surface area (Å²) in [6, 6.07) is 17.4. The lowest BCUT2D eigenvalue weighted by Gasteiger charge is -2.35. The second kappa shape index (κ2) is 6.29. The summed E-state index contributed by atoms with van der Waals surface area (Å²) in [7, 11) is 0. The monoisotopic (exact) mass is 350 g/mol. The van der Waals surface area contributed by atoms with Gasteiger partial charge in [0.25, 0.3) is 0 Å². The van der Waals surface area contributed by atoms with Crippen LogP contribution in [0.3, 0.4) is 0 Å². The van der Waals surface area contributed by atoms with Gasteiger partial charge in [0.05, 0.1) is 16.6 Å². The normalized spacial score (nSPS) is 19.8. The Labute approximate surface area is 152 Å². The van der Waals surface area contributed by atoms with E-state index >= 15 is 0 Å². The minimum absolute atomic E-state index is 0.131. The molecule has 0 amide bonds. The molecule has 0 bridgehead atoms. The molecule has 4 rings (SSSR count). The summed E-state index contributed by atoms with van der Waals surface area (Å²) in [6.07, 6.45) is 0.134. The molecular weight excluding hydrogens is 328 g/mol. The minimum atomic E-state index is -0.432. The lowest BCUT2D eigenvalue weighted by atomic mass is 9.86. The number of benzene rings is 2. The summed E-state index contributed by atoms with van der Waals surface area (Å²) in [6.45, 7) is 6.00. The van der Waals surface area contributed by atoms with Gasteiger partial charge < -0.3 is 13.9 Å². The van der Waals surface area contributed by atoms with E-state index in [2.05, 4.69) is 0 Å². The Morgan fingerprint density at radius 1 is 1.00 bits per heavy atom. The van der Waals surface area contributed by atoms with Gasteiger partial charge in [-0.3, -0.25) is 0 Å². The third-order valence-electron chi connectivity index (χ3n) is 4.51. The van der Waals surface area contributed by atoms with Crippen LogP contribution in [0.5, 0.6) is 5.75 Å². The maximum absolute atomic E-state index is 12.8. The fraction of sp³-hybridized carbons (Fsp3) is 0.318. The third-order valence-corrected chi connectivity index (χ3v) is 4.51. The second-order valence-corrected chi connectivity index (χ2v) is 7.61. The molecule has 0 radical (unpaired) electrons. The van der Waals surface area contributed by atoms with Gasteiger partial charge in [-0.1, -0.05) is 42.5 Å². The van der Waals surface area contributed by atoms with Gasteiger partial charge in [-0.05, 0) is 38.5 Å². The van der Waals surface area contributed by atoms with Crippen LogP contribution >= 0.6 is 0 Å². The SMILES string of the molecule is CC(C)(C)OC1CC(c2ccccc2)c2c(c3ccccc3oc2=O)O1. The van der Waals surface area contributed by atoms with E-state index in [1.807, 2.05) is 69.3 Å². The van der Waals surface area contributed by atoms with E-state index in [0.29, 0.717) is 23.3 Å². The molecule has 0 saturated carbocycles. The summed E-state index contributed by atoms with van der Waals surface area (Å²) in [5, 5.41) is 0.797. The predicted octanol–water partition coefficient (Wildman–Crippen LogP) is 4.85. The highest BCUT2D eigenvalue weighted by Crippen LogP contribution is 2.43. The van der Waals surface area contributed by atoms with Crippen molar-refractivity contribution >= 4 is 11.0 Å². The third kappa shape index (κ3) is 3.13. The highest BCUT2D eigenvalue weighted by molar-refractivity contribution is 5.85. The first-order valence-corrected chi connectivity index (χ1v) is 8.87. The quantitative estimate of drug-likeness (QED) is 0.620. The van der Waals surface area contributed by atoms with E-state index in [0.717, 1.165) is 10.9 Å². The van der Waals surface area contributed by atoms with Crippen LogP contribution in [0.25, 0.3) is 11.0 Å². The van der Waals surface area contributed by atoms with Crippen molar-refractivity contribution in [2.24, 2.45) is 0 Å². The molecule has 2 atom stereocenters. The number of para-hydroxylation sites is 1. The van der Waals surface area contributed by atoms with Gasteiger partial charge in [-0.15, -0.1) is 0 Å². The first-order valence-electron chi connectivity index (χ1n) is 8.87. The topological polar surface area (TPSA) is 48.7 Å². The van der Waals surface area contributed by atoms with Crippen LogP contribution in [0.1, 0.15) is 44.2 Å². The molecule has 2 heterocycles. The van der Waals surface area contributed by atoms with E-state index < -0.39 is 6.29 Å². The Bertz CT molecular complexity index is 982. The molecular formula is C22H22O4. The Balaban J connectivity index is 1.91. The molecule has 2 aromatic carbocycles. The van der Waals surface area contributed by atoms with Crippen molar-refractivity contribution in [1.82, 2.24) is 0 Å². The van der Waals surface area contributed by atoms with Gasteiger partial charge in [-0.25, -0.2) is 4.79 Å². The number of ether oxygens (including phenoxy) is 2. The van der Waals surface area contributed by atoms with Gasteiger partial charge in [0.2, 0.25) is 6.29 Å². The van der Waals surface area contributed by atoms with Gasteiger partial charge in [-0.2, -0.15) is 0 Å². The lowest BCUT2D eigenvalue weighted by molar-refractivity contribution is -0.159. The van der Waals surface area contributed by atoms with Crippen molar-refractivity contribution < 1.29 is 13.9 Å². The highest BCUT2D eigenvalue weighted by atomic mass is 16.7. The number of fused-ring (bicyclic) bond motifs is 3. The van der Waals surface area contributed by atoms with Crippen LogP contribution in [-0.2, 0) is 4.74 Å². The van der Waals surface area contributed by atoms with Crippen molar-refractivity contribution in [3.8, 4) is 5.75 Å². The summed E-state index contributed by atoms with van der Waals surface area (Å²) < 4.78 is 17.9. The summed E-state index contributed by atoms with van der Waals surface area (Å²) in [5.41, 5.74) is 1.46. The molecule has 0 spiro atoms. The van der Waals surface area contributed by atoms with E-state index in [9.17, 15) is 4.79 Å². The fourth-order valence-corrected chi connectivity index (χ4v) is 3.51. The zero-order chi connectivity index (χ0) is 18.3. The molecule has 1 aliphatic heterocycles. The average molecular weight is 350 g/mol. The van der Waals surface area contributed by atoms with Gasteiger partial charge >= 0.3 is 5.63 Å². The van der Waals surface area contributed by atoms with Crippen molar-refractivity contribution in [3.63, 3.8) is 0 Å². The highest BCUT2D eigenvalue weighted by Gasteiger charge is 2.36. The van der Waals surface area contributed by atoms with Crippen LogP contribution in [-0.4, -0.2) is 11.9 Å². The molecule has 0 saturated heterocycles. The van der Waals surface area contributed by atoms with Crippen LogP contribution in [0, 0.1) is 0 Å². The zero-order valence-corrected chi connectivity index (χ0v) is 15.2.